The number of hydrogen-bond acceptors (Lipinski definition) is 4. The van der Waals surface area contributed by atoms with Gasteiger partial charge in [-0.1, -0.05) is 29.8 Å². The maximum absolute atomic E-state index is 11.2. The number of alkyl halides is 1. The summed E-state index contributed by atoms with van der Waals surface area (Å²) in [5.41, 5.74) is 0. The molecule has 0 radical (unpaired) electrons. The molecule has 0 rings (SSSR count). The van der Waals surface area contributed by atoms with E-state index in [1.54, 1.807) is 0 Å². The van der Waals surface area contributed by atoms with Crippen LogP contribution in [0.4, 0.5) is 0 Å². The summed E-state index contributed by atoms with van der Waals surface area (Å²) in [6, 6.07) is 0. The van der Waals surface area contributed by atoms with Gasteiger partial charge in [-0.2, -0.15) is 0 Å². The Labute approximate surface area is 98.4 Å². The van der Waals surface area contributed by atoms with E-state index in [-0.39, 0.29) is 12.4 Å². The van der Waals surface area contributed by atoms with Crippen LogP contribution in [0.15, 0.2) is 0 Å². The van der Waals surface area contributed by atoms with Gasteiger partial charge in [0.2, 0.25) is 0 Å². The molecule has 0 saturated heterocycles. The number of carbonyl (C=O) groups is 2. The molecule has 0 aromatic heterocycles. The monoisotopic (exact) mass is 280 g/mol. The Morgan fingerprint density at radius 3 is 2.20 bits per heavy atom. The van der Waals surface area contributed by atoms with Crippen molar-refractivity contribution < 1.29 is 19.1 Å². The zero-order chi connectivity index (χ0) is 11.7. The van der Waals surface area contributed by atoms with Crippen molar-refractivity contribution >= 4 is 27.9 Å². The predicted octanol–water partition coefficient (Wildman–Crippen LogP) is 2.05. The summed E-state index contributed by atoms with van der Waals surface area (Å²) in [5.74, 6) is -0.794. The van der Waals surface area contributed by atoms with Crippen molar-refractivity contribution in [3.05, 3.63) is 0 Å². The fraction of sp³-hybridized carbons (Fsp3) is 0.800. The lowest BCUT2D eigenvalue weighted by Crippen LogP contribution is -2.22. The van der Waals surface area contributed by atoms with Crippen LogP contribution in [0.25, 0.3) is 0 Å². The average Bonchev–Trinajstić information content (AvgIpc) is 2.22. The van der Waals surface area contributed by atoms with Crippen molar-refractivity contribution in [2.45, 2.75) is 37.9 Å². The zero-order valence-electron chi connectivity index (χ0n) is 9.12. The number of rotatable bonds is 7. The quantitative estimate of drug-likeness (QED) is 0.529. The molecular weight excluding hydrogens is 264 g/mol. The van der Waals surface area contributed by atoms with Crippen LogP contribution in [-0.2, 0) is 19.1 Å². The molecule has 0 saturated carbocycles. The van der Waals surface area contributed by atoms with Crippen molar-refractivity contribution in [1.29, 1.82) is 0 Å². The van der Waals surface area contributed by atoms with Crippen LogP contribution < -0.4 is 0 Å². The van der Waals surface area contributed by atoms with Crippen LogP contribution in [0.5, 0.6) is 0 Å². The van der Waals surface area contributed by atoms with Crippen molar-refractivity contribution in [2.75, 3.05) is 13.2 Å². The molecule has 1 atom stereocenters. The lowest BCUT2D eigenvalue weighted by molar-refractivity contribution is -0.149. The van der Waals surface area contributed by atoms with Gasteiger partial charge in [-0.15, -0.1) is 0 Å². The number of carbonyl (C=O) groups excluding carboxylic acids is 2. The molecule has 0 heterocycles. The molecule has 0 aliphatic heterocycles. The molecule has 15 heavy (non-hydrogen) atoms. The van der Waals surface area contributed by atoms with E-state index >= 15 is 0 Å². The van der Waals surface area contributed by atoms with Crippen LogP contribution in [0.3, 0.4) is 0 Å². The zero-order valence-corrected chi connectivity index (χ0v) is 10.7. The van der Waals surface area contributed by atoms with Crippen molar-refractivity contribution in [2.24, 2.45) is 0 Å². The van der Waals surface area contributed by atoms with Gasteiger partial charge < -0.3 is 9.47 Å². The highest BCUT2D eigenvalue weighted by molar-refractivity contribution is 9.10. The van der Waals surface area contributed by atoms with Crippen LogP contribution >= 0.6 is 15.9 Å². The van der Waals surface area contributed by atoms with Gasteiger partial charge in [-0.25, -0.2) is 0 Å². The molecule has 0 unspecified atom stereocenters. The normalized spacial score (nSPS) is 11.9. The highest BCUT2D eigenvalue weighted by Gasteiger charge is 2.20. The minimum absolute atomic E-state index is 0.0164. The van der Waals surface area contributed by atoms with E-state index in [1.165, 1.54) is 0 Å². The Kier molecular flexibility index (Phi) is 8.37. The Bertz CT molecular complexity index is 206. The second kappa shape index (κ2) is 8.71. The lowest BCUT2D eigenvalue weighted by atomic mass is 10.3. The van der Waals surface area contributed by atoms with E-state index in [9.17, 15) is 9.59 Å². The Hall–Kier alpha value is -0.580. The number of ether oxygens (including phenoxy) is 2. The minimum atomic E-state index is -0.603. The third-order valence-corrected chi connectivity index (χ3v) is 2.21. The van der Waals surface area contributed by atoms with Gasteiger partial charge in [0.05, 0.1) is 19.6 Å². The van der Waals surface area contributed by atoms with Crippen LogP contribution in [0.2, 0.25) is 0 Å². The minimum Gasteiger partial charge on any atom is -0.466 e. The Balaban J connectivity index is 3.75. The van der Waals surface area contributed by atoms with Gasteiger partial charge in [-0.3, -0.25) is 9.59 Å². The van der Waals surface area contributed by atoms with Gasteiger partial charge in [0.15, 0.2) is 0 Å². The summed E-state index contributed by atoms with van der Waals surface area (Å²) in [4.78, 5) is 21.8. The van der Waals surface area contributed by atoms with Crippen molar-refractivity contribution in [3.63, 3.8) is 0 Å². The first kappa shape index (κ1) is 14.4. The standard InChI is InChI=1S/C10H17BrO4/c1-3-5-14-9(12)7-8(11)10(13)15-6-4-2/h8H,3-7H2,1-2H3/t8-/m0/s1. The lowest BCUT2D eigenvalue weighted by Gasteiger charge is -2.09. The fourth-order valence-corrected chi connectivity index (χ4v) is 1.19. The molecule has 0 aromatic carbocycles. The second-order valence-corrected chi connectivity index (χ2v) is 4.16. The third kappa shape index (κ3) is 7.36. The molecular formula is C10H17BrO4. The molecule has 0 bridgehead atoms. The van der Waals surface area contributed by atoms with Crippen LogP contribution in [0, 0.1) is 0 Å². The van der Waals surface area contributed by atoms with E-state index in [4.69, 9.17) is 9.47 Å². The smallest absolute Gasteiger partial charge is 0.320 e. The van der Waals surface area contributed by atoms with Gasteiger partial charge in [0.25, 0.3) is 0 Å². The highest BCUT2D eigenvalue weighted by Crippen LogP contribution is 2.09. The highest BCUT2D eigenvalue weighted by atomic mass is 79.9. The number of esters is 2. The molecule has 0 spiro atoms. The predicted molar refractivity (Wildman–Crippen MR) is 59.8 cm³/mol. The molecule has 0 fully saturated rings. The number of halogens is 1. The van der Waals surface area contributed by atoms with Gasteiger partial charge in [0.1, 0.15) is 4.83 Å². The summed E-state index contributed by atoms with van der Waals surface area (Å²) in [7, 11) is 0. The first-order chi connectivity index (χ1) is 7.11. The van der Waals surface area contributed by atoms with Crippen molar-refractivity contribution in [1.82, 2.24) is 0 Å². The Morgan fingerprint density at radius 2 is 1.67 bits per heavy atom. The maximum Gasteiger partial charge on any atom is 0.320 e. The van der Waals surface area contributed by atoms with E-state index in [1.807, 2.05) is 13.8 Å². The molecule has 88 valence electrons. The van der Waals surface area contributed by atoms with Gasteiger partial charge in [0, 0.05) is 0 Å². The topological polar surface area (TPSA) is 52.6 Å². The molecule has 0 aliphatic carbocycles. The van der Waals surface area contributed by atoms with Gasteiger partial charge >= 0.3 is 11.9 Å². The molecule has 5 heteroatoms. The van der Waals surface area contributed by atoms with Crippen molar-refractivity contribution in [3.8, 4) is 0 Å². The maximum atomic E-state index is 11.2. The molecule has 0 aliphatic rings. The molecule has 4 nitrogen and oxygen atoms in total. The molecule has 0 amide bonds. The summed E-state index contributed by atoms with van der Waals surface area (Å²) in [6.45, 7) is 4.59. The van der Waals surface area contributed by atoms with Crippen LogP contribution in [0.1, 0.15) is 33.1 Å². The van der Waals surface area contributed by atoms with Crippen LogP contribution in [-0.4, -0.2) is 30.0 Å². The largest absolute Gasteiger partial charge is 0.466 e. The first-order valence-corrected chi connectivity index (χ1v) is 5.99. The fourth-order valence-electron chi connectivity index (χ4n) is 0.798. The summed E-state index contributed by atoms with van der Waals surface area (Å²) in [5, 5.41) is 0. The SMILES string of the molecule is CCCOC(=O)C[C@H](Br)C(=O)OCCC. The first-order valence-electron chi connectivity index (χ1n) is 5.08. The van der Waals surface area contributed by atoms with E-state index < -0.39 is 10.8 Å². The second-order valence-electron chi connectivity index (χ2n) is 3.06. The summed E-state index contributed by atoms with van der Waals surface area (Å²) >= 11 is 3.09. The molecule has 0 aromatic rings. The van der Waals surface area contributed by atoms with E-state index in [2.05, 4.69) is 15.9 Å². The summed E-state index contributed by atoms with van der Waals surface area (Å²) < 4.78 is 9.70. The Morgan fingerprint density at radius 1 is 1.13 bits per heavy atom. The third-order valence-electron chi connectivity index (χ3n) is 1.52. The average molecular weight is 281 g/mol. The number of hydrogen-bond donors (Lipinski definition) is 0. The molecule has 0 N–H and O–H groups in total. The van der Waals surface area contributed by atoms with E-state index in [0.717, 1.165) is 12.8 Å². The van der Waals surface area contributed by atoms with Gasteiger partial charge in [-0.05, 0) is 12.8 Å². The summed E-state index contributed by atoms with van der Waals surface area (Å²) in [6.07, 6.45) is 1.56. The van der Waals surface area contributed by atoms with E-state index in [0.29, 0.717) is 13.2 Å².